The Bertz CT molecular complexity index is 458. The number of rotatable bonds is 3. The maximum Gasteiger partial charge on any atom is 0.101 e. The van der Waals surface area contributed by atoms with Gasteiger partial charge in [-0.1, -0.05) is 31.8 Å². The van der Waals surface area contributed by atoms with Crippen LogP contribution in [0.15, 0.2) is 18.2 Å². The van der Waals surface area contributed by atoms with Gasteiger partial charge in [0.25, 0.3) is 0 Å². The van der Waals surface area contributed by atoms with Gasteiger partial charge in [0.1, 0.15) is 12.1 Å². The smallest absolute Gasteiger partial charge is 0.101 e. The van der Waals surface area contributed by atoms with Gasteiger partial charge in [-0.3, -0.25) is 0 Å². The Balaban J connectivity index is 2.86. The van der Waals surface area contributed by atoms with E-state index in [2.05, 4.69) is 25.7 Å². The molecule has 0 saturated carbocycles. The summed E-state index contributed by atoms with van der Waals surface area (Å²) < 4.78 is 0. The highest BCUT2D eigenvalue weighted by atomic mass is 28.3. The lowest BCUT2D eigenvalue weighted by molar-refractivity contribution is 1.09. The lowest BCUT2D eigenvalue weighted by atomic mass is 10.0. The minimum Gasteiger partial charge on any atom is -0.192 e. The lowest BCUT2D eigenvalue weighted by Gasteiger charge is -2.15. The summed E-state index contributed by atoms with van der Waals surface area (Å²) >= 11 is 0. The van der Waals surface area contributed by atoms with E-state index < -0.39 is 8.07 Å². The van der Waals surface area contributed by atoms with E-state index in [0.717, 1.165) is 12.0 Å². The van der Waals surface area contributed by atoms with Crippen LogP contribution in [0.5, 0.6) is 0 Å². The van der Waals surface area contributed by atoms with Crippen LogP contribution in [-0.4, -0.2) is 8.07 Å². The summed E-state index contributed by atoms with van der Waals surface area (Å²) in [5, 5.41) is 17.7. The summed E-state index contributed by atoms with van der Waals surface area (Å²) in [6, 6.07) is 10.9. The summed E-state index contributed by atoms with van der Waals surface area (Å²) in [4.78, 5) is 0. The first-order valence-corrected chi connectivity index (χ1v) is 9.10. The summed E-state index contributed by atoms with van der Waals surface area (Å²) in [6.07, 6.45) is 1.01. The third-order valence-electron chi connectivity index (χ3n) is 2.49. The Morgan fingerprint density at radius 3 is 2.19 bits per heavy atom. The van der Waals surface area contributed by atoms with Gasteiger partial charge in [0.15, 0.2) is 0 Å². The lowest BCUT2D eigenvalue weighted by Crippen LogP contribution is -2.19. The van der Waals surface area contributed by atoms with Crippen molar-refractivity contribution in [3.63, 3.8) is 0 Å². The molecular weight excluding hydrogens is 212 g/mol. The topological polar surface area (TPSA) is 47.6 Å². The highest BCUT2D eigenvalue weighted by Crippen LogP contribution is 2.16. The van der Waals surface area contributed by atoms with Crippen LogP contribution in [0, 0.1) is 22.7 Å². The van der Waals surface area contributed by atoms with Crippen molar-refractivity contribution in [2.24, 2.45) is 0 Å². The molecule has 0 heterocycles. The molecule has 2 nitrogen and oxygen atoms in total. The molecular formula is C13H16N2Si. The number of aryl methyl sites for hydroxylation is 1. The van der Waals surface area contributed by atoms with Crippen molar-refractivity contribution >= 4 is 8.07 Å². The van der Waals surface area contributed by atoms with Crippen LogP contribution in [0.25, 0.3) is 0 Å². The minimum atomic E-state index is -1.04. The highest BCUT2D eigenvalue weighted by Gasteiger charge is 2.13. The van der Waals surface area contributed by atoms with Crippen LogP contribution < -0.4 is 0 Å². The largest absolute Gasteiger partial charge is 0.192 e. The number of nitrogens with zero attached hydrogens (tertiary/aromatic N) is 2. The standard InChI is InChI=1S/C13H16N2Si/c1-16(2,3)7-6-11-4-5-12(9-14)13(8-11)10-15/h4-5,8H,6-7H2,1-3H3. The summed E-state index contributed by atoms with van der Waals surface area (Å²) in [7, 11) is -1.04. The normalized spacial score (nSPS) is 10.6. The third-order valence-corrected chi connectivity index (χ3v) is 4.24. The van der Waals surface area contributed by atoms with Crippen LogP contribution >= 0.6 is 0 Å². The molecule has 1 rings (SSSR count). The van der Waals surface area contributed by atoms with E-state index in [1.165, 1.54) is 6.04 Å². The highest BCUT2D eigenvalue weighted by molar-refractivity contribution is 6.76. The van der Waals surface area contributed by atoms with Crippen molar-refractivity contribution in [2.45, 2.75) is 32.1 Å². The van der Waals surface area contributed by atoms with E-state index in [-0.39, 0.29) is 0 Å². The SMILES string of the molecule is C[Si](C)(C)CCc1ccc(C#N)c(C#N)c1. The molecule has 0 bridgehead atoms. The molecule has 0 atom stereocenters. The zero-order valence-corrected chi connectivity index (χ0v) is 11.0. The van der Waals surface area contributed by atoms with Gasteiger partial charge >= 0.3 is 0 Å². The van der Waals surface area contributed by atoms with Crippen LogP contribution in [0.2, 0.25) is 25.7 Å². The fourth-order valence-electron chi connectivity index (χ4n) is 1.46. The molecule has 0 unspecified atom stereocenters. The maximum atomic E-state index is 8.91. The average molecular weight is 228 g/mol. The second-order valence-corrected chi connectivity index (χ2v) is 10.8. The summed E-state index contributed by atoms with van der Waals surface area (Å²) in [5.41, 5.74) is 2.13. The van der Waals surface area contributed by atoms with Crippen molar-refractivity contribution in [3.8, 4) is 12.1 Å². The third kappa shape index (κ3) is 3.53. The molecule has 0 N–H and O–H groups in total. The molecule has 0 aromatic heterocycles. The van der Waals surface area contributed by atoms with E-state index >= 15 is 0 Å². The van der Waals surface area contributed by atoms with E-state index in [9.17, 15) is 0 Å². The van der Waals surface area contributed by atoms with E-state index in [1.54, 1.807) is 6.07 Å². The predicted molar refractivity (Wildman–Crippen MR) is 67.7 cm³/mol. The maximum absolute atomic E-state index is 8.91. The number of nitriles is 2. The van der Waals surface area contributed by atoms with Gasteiger partial charge in [0.05, 0.1) is 11.1 Å². The molecule has 0 spiro atoms. The molecule has 0 aliphatic heterocycles. The van der Waals surface area contributed by atoms with Crippen LogP contribution in [0.3, 0.4) is 0 Å². The van der Waals surface area contributed by atoms with Crippen molar-refractivity contribution in [2.75, 3.05) is 0 Å². The molecule has 16 heavy (non-hydrogen) atoms. The van der Waals surface area contributed by atoms with Gasteiger partial charge in [-0.2, -0.15) is 10.5 Å². The molecule has 0 aliphatic rings. The fraction of sp³-hybridized carbons (Fsp3) is 0.385. The first-order valence-electron chi connectivity index (χ1n) is 5.39. The molecule has 1 aromatic rings. The van der Waals surface area contributed by atoms with Crippen LogP contribution in [-0.2, 0) is 6.42 Å². The second kappa shape index (κ2) is 4.96. The molecule has 1 aromatic carbocycles. The Kier molecular flexibility index (Phi) is 3.87. The molecule has 0 fully saturated rings. The number of hydrogen-bond donors (Lipinski definition) is 0. The van der Waals surface area contributed by atoms with Gasteiger partial charge in [-0.25, -0.2) is 0 Å². The Morgan fingerprint density at radius 1 is 1.06 bits per heavy atom. The van der Waals surface area contributed by atoms with Gasteiger partial charge in [0.2, 0.25) is 0 Å². The predicted octanol–water partition coefficient (Wildman–Crippen LogP) is 3.31. The first-order chi connectivity index (χ1) is 7.46. The number of benzene rings is 1. The fourth-order valence-corrected chi connectivity index (χ4v) is 2.49. The van der Waals surface area contributed by atoms with Crippen molar-refractivity contribution in [1.82, 2.24) is 0 Å². The monoisotopic (exact) mass is 228 g/mol. The zero-order valence-electron chi connectivity index (χ0n) is 10.0. The molecule has 0 aliphatic carbocycles. The minimum absolute atomic E-state index is 0.472. The Labute approximate surface area is 98.2 Å². The van der Waals surface area contributed by atoms with Crippen molar-refractivity contribution in [3.05, 3.63) is 34.9 Å². The zero-order chi connectivity index (χ0) is 12.2. The van der Waals surface area contributed by atoms with Gasteiger partial charge in [0, 0.05) is 8.07 Å². The van der Waals surface area contributed by atoms with Gasteiger partial charge in [-0.05, 0) is 24.1 Å². The second-order valence-electron chi connectivity index (χ2n) is 5.16. The van der Waals surface area contributed by atoms with E-state index in [4.69, 9.17) is 10.5 Å². The molecule has 82 valence electrons. The Morgan fingerprint density at radius 2 is 1.69 bits per heavy atom. The van der Waals surface area contributed by atoms with Gasteiger partial charge < -0.3 is 0 Å². The first kappa shape index (κ1) is 12.5. The quantitative estimate of drug-likeness (QED) is 0.745. The Hall–Kier alpha value is -1.58. The molecule has 0 saturated heterocycles. The van der Waals surface area contributed by atoms with Crippen molar-refractivity contribution < 1.29 is 0 Å². The summed E-state index contributed by atoms with van der Waals surface area (Å²) in [6.45, 7) is 7.01. The van der Waals surface area contributed by atoms with E-state index in [1.807, 2.05) is 18.2 Å². The van der Waals surface area contributed by atoms with Crippen LogP contribution in [0.1, 0.15) is 16.7 Å². The number of hydrogen-bond acceptors (Lipinski definition) is 2. The van der Waals surface area contributed by atoms with E-state index in [0.29, 0.717) is 11.1 Å². The average Bonchev–Trinajstić information content (AvgIpc) is 2.25. The molecule has 0 radical (unpaired) electrons. The van der Waals surface area contributed by atoms with Gasteiger partial charge in [-0.15, -0.1) is 0 Å². The summed E-state index contributed by atoms with van der Waals surface area (Å²) in [5.74, 6) is 0. The molecule has 3 heteroatoms. The molecule has 0 amide bonds. The van der Waals surface area contributed by atoms with Crippen LogP contribution in [0.4, 0.5) is 0 Å². The van der Waals surface area contributed by atoms with Crippen molar-refractivity contribution in [1.29, 1.82) is 10.5 Å².